The summed E-state index contributed by atoms with van der Waals surface area (Å²) < 4.78 is 10.4. The molecule has 1 aliphatic heterocycles. The van der Waals surface area contributed by atoms with Crippen molar-refractivity contribution in [3.8, 4) is 5.88 Å². The van der Waals surface area contributed by atoms with Crippen LogP contribution in [0, 0.1) is 6.92 Å². The maximum absolute atomic E-state index is 11.3. The van der Waals surface area contributed by atoms with Crippen LogP contribution >= 0.6 is 0 Å². The number of aryl methyl sites for hydroxylation is 1. The Morgan fingerprint density at radius 3 is 3.12 bits per heavy atom. The van der Waals surface area contributed by atoms with Gasteiger partial charge in [0.25, 0.3) is 0 Å². The molecule has 0 radical (unpaired) electrons. The molecule has 92 valence electrons. The molecule has 2 heterocycles. The number of carbonyl (C=O) groups excluding carboxylic acids is 1. The molecule has 1 aromatic rings. The number of pyridine rings is 1. The summed E-state index contributed by atoms with van der Waals surface area (Å²) in [5, 5.41) is 3.07. The first kappa shape index (κ1) is 11.9. The molecule has 1 aliphatic rings. The number of nitrogens with zero attached hydrogens (tertiary/aromatic N) is 1. The molecular weight excluding hydrogens is 220 g/mol. The molecular formula is C12H16N2O3. The third-order valence-corrected chi connectivity index (χ3v) is 2.82. The van der Waals surface area contributed by atoms with Crippen LogP contribution in [0.15, 0.2) is 18.3 Å². The number of nitrogens with one attached hydrogen (secondary N) is 1. The lowest BCUT2D eigenvalue weighted by atomic mass is 10.2. The Hall–Kier alpha value is -1.62. The van der Waals surface area contributed by atoms with Crippen LogP contribution in [0.5, 0.6) is 5.88 Å². The van der Waals surface area contributed by atoms with Crippen molar-refractivity contribution in [2.24, 2.45) is 0 Å². The second-order valence-electron chi connectivity index (χ2n) is 4.09. The number of methoxy groups -OCH3 is 1. The number of rotatable bonds is 3. The van der Waals surface area contributed by atoms with Crippen LogP contribution in [0.4, 0.5) is 0 Å². The van der Waals surface area contributed by atoms with Crippen LogP contribution in [-0.4, -0.2) is 36.8 Å². The Morgan fingerprint density at radius 1 is 1.59 bits per heavy atom. The summed E-state index contributed by atoms with van der Waals surface area (Å²) in [5.41, 5.74) is 0.994. The summed E-state index contributed by atoms with van der Waals surface area (Å²) in [6, 6.07) is 3.54. The van der Waals surface area contributed by atoms with Crippen molar-refractivity contribution in [3.05, 3.63) is 23.9 Å². The summed E-state index contributed by atoms with van der Waals surface area (Å²) in [7, 11) is 1.39. The molecule has 1 saturated heterocycles. The lowest BCUT2D eigenvalue weighted by Gasteiger charge is -2.13. The number of hydrogen-bond donors (Lipinski definition) is 1. The average Bonchev–Trinajstić information content (AvgIpc) is 2.80. The first-order chi connectivity index (χ1) is 8.20. The van der Waals surface area contributed by atoms with Crippen molar-refractivity contribution in [2.45, 2.75) is 25.5 Å². The zero-order valence-corrected chi connectivity index (χ0v) is 9.97. The van der Waals surface area contributed by atoms with Gasteiger partial charge in [0.2, 0.25) is 5.88 Å². The van der Waals surface area contributed by atoms with E-state index in [-0.39, 0.29) is 18.1 Å². The molecule has 5 nitrogen and oxygen atoms in total. The molecule has 0 bridgehead atoms. The summed E-state index contributed by atoms with van der Waals surface area (Å²) >= 11 is 0. The van der Waals surface area contributed by atoms with Gasteiger partial charge in [-0.05, 0) is 13.0 Å². The zero-order valence-electron chi connectivity index (χ0n) is 9.97. The molecule has 1 aromatic heterocycles. The van der Waals surface area contributed by atoms with E-state index in [2.05, 4.69) is 15.0 Å². The largest absolute Gasteiger partial charge is 0.473 e. The number of aromatic nitrogens is 1. The molecule has 0 saturated carbocycles. The van der Waals surface area contributed by atoms with E-state index in [9.17, 15) is 4.79 Å². The Labute approximate surface area is 100 Å². The number of esters is 1. The van der Waals surface area contributed by atoms with E-state index in [1.165, 1.54) is 7.11 Å². The van der Waals surface area contributed by atoms with Crippen molar-refractivity contribution < 1.29 is 14.3 Å². The fraction of sp³-hybridized carbons (Fsp3) is 0.500. The lowest BCUT2D eigenvalue weighted by Crippen LogP contribution is -2.31. The van der Waals surface area contributed by atoms with E-state index in [0.717, 1.165) is 5.56 Å². The zero-order chi connectivity index (χ0) is 12.3. The first-order valence-electron chi connectivity index (χ1n) is 5.60. The highest BCUT2D eigenvalue weighted by atomic mass is 16.5. The maximum atomic E-state index is 11.3. The van der Waals surface area contributed by atoms with E-state index >= 15 is 0 Å². The quantitative estimate of drug-likeness (QED) is 0.782. The third kappa shape index (κ3) is 2.74. The molecule has 5 heteroatoms. The van der Waals surface area contributed by atoms with Gasteiger partial charge < -0.3 is 14.8 Å². The van der Waals surface area contributed by atoms with Gasteiger partial charge in [-0.15, -0.1) is 0 Å². The lowest BCUT2D eigenvalue weighted by molar-refractivity contribution is -0.142. The van der Waals surface area contributed by atoms with E-state index in [4.69, 9.17) is 4.74 Å². The molecule has 2 rings (SSSR count). The van der Waals surface area contributed by atoms with Crippen LogP contribution in [-0.2, 0) is 9.53 Å². The SMILES string of the molecule is COC(=O)C1CC(Oc2ncccc2C)CN1. The van der Waals surface area contributed by atoms with Crippen molar-refractivity contribution in [2.75, 3.05) is 13.7 Å². The number of hydrogen-bond acceptors (Lipinski definition) is 5. The van der Waals surface area contributed by atoms with Crippen LogP contribution < -0.4 is 10.1 Å². The number of ether oxygens (including phenoxy) is 2. The summed E-state index contributed by atoms with van der Waals surface area (Å²) in [5.74, 6) is 0.388. The molecule has 1 N–H and O–H groups in total. The molecule has 0 amide bonds. The monoisotopic (exact) mass is 236 g/mol. The molecule has 2 unspecified atom stereocenters. The second-order valence-corrected chi connectivity index (χ2v) is 4.09. The minimum atomic E-state index is -0.269. The Morgan fingerprint density at radius 2 is 2.41 bits per heavy atom. The van der Waals surface area contributed by atoms with Gasteiger partial charge in [0.1, 0.15) is 12.1 Å². The summed E-state index contributed by atoms with van der Waals surface area (Å²) in [6.07, 6.45) is 2.28. The predicted molar refractivity (Wildman–Crippen MR) is 61.8 cm³/mol. The highest BCUT2D eigenvalue weighted by Gasteiger charge is 2.31. The van der Waals surface area contributed by atoms with E-state index in [1.54, 1.807) is 6.20 Å². The van der Waals surface area contributed by atoms with Crippen molar-refractivity contribution in [3.63, 3.8) is 0 Å². The maximum Gasteiger partial charge on any atom is 0.323 e. The van der Waals surface area contributed by atoms with Gasteiger partial charge in [-0.3, -0.25) is 4.79 Å². The van der Waals surface area contributed by atoms with Crippen LogP contribution in [0.3, 0.4) is 0 Å². The first-order valence-corrected chi connectivity index (χ1v) is 5.60. The topological polar surface area (TPSA) is 60.5 Å². The standard InChI is InChI=1S/C12H16N2O3/c1-8-4-3-5-13-11(8)17-9-6-10(14-7-9)12(15)16-2/h3-5,9-10,14H,6-7H2,1-2H3. The fourth-order valence-electron chi connectivity index (χ4n) is 1.87. The highest BCUT2D eigenvalue weighted by Crippen LogP contribution is 2.18. The van der Waals surface area contributed by atoms with Gasteiger partial charge in [0.15, 0.2) is 0 Å². The summed E-state index contributed by atoms with van der Waals surface area (Å²) in [6.45, 7) is 2.58. The van der Waals surface area contributed by atoms with Gasteiger partial charge in [0.05, 0.1) is 7.11 Å². The van der Waals surface area contributed by atoms with Crippen LogP contribution in [0.2, 0.25) is 0 Å². The number of carbonyl (C=O) groups is 1. The van der Waals surface area contributed by atoms with Gasteiger partial charge in [0, 0.05) is 24.7 Å². The Kier molecular flexibility index (Phi) is 3.58. The van der Waals surface area contributed by atoms with Gasteiger partial charge in [-0.25, -0.2) is 4.98 Å². The van der Waals surface area contributed by atoms with Crippen LogP contribution in [0.25, 0.3) is 0 Å². The van der Waals surface area contributed by atoms with Crippen molar-refractivity contribution in [1.29, 1.82) is 0 Å². The molecule has 0 aliphatic carbocycles. The molecule has 0 aromatic carbocycles. The highest BCUT2D eigenvalue weighted by molar-refractivity contribution is 5.76. The van der Waals surface area contributed by atoms with Crippen molar-refractivity contribution >= 4 is 5.97 Å². The van der Waals surface area contributed by atoms with Crippen LogP contribution in [0.1, 0.15) is 12.0 Å². The predicted octanol–water partition coefficient (Wildman–Crippen LogP) is 0.672. The van der Waals surface area contributed by atoms with E-state index in [1.807, 2.05) is 19.1 Å². The minimum Gasteiger partial charge on any atom is -0.473 e. The van der Waals surface area contributed by atoms with E-state index < -0.39 is 0 Å². The third-order valence-electron chi connectivity index (χ3n) is 2.82. The Balaban J connectivity index is 1.94. The molecule has 17 heavy (non-hydrogen) atoms. The minimum absolute atomic E-state index is 0.0345. The molecule has 2 atom stereocenters. The van der Waals surface area contributed by atoms with Gasteiger partial charge in [-0.1, -0.05) is 6.07 Å². The normalized spacial score (nSPS) is 23.4. The van der Waals surface area contributed by atoms with E-state index in [0.29, 0.717) is 18.8 Å². The second kappa shape index (κ2) is 5.14. The van der Waals surface area contributed by atoms with Gasteiger partial charge >= 0.3 is 5.97 Å². The fourth-order valence-corrected chi connectivity index (χ4v) is 1.87. The molecule has 1 fully saturated rings. The summed E-state index contributed by atoms with van der Waals surface area (Å²) in [4.78, 5) is 15.5. The van der Waals surface area contributed by atoms with Crippen molar-refractivity contribution in [1.82, 2.24) is 10.3 Å². The van der Waals surface area contributed by atoms with Gasteiger partial charge in [-0.2, -0.15) is 0 Å². The smallest absolute Gasteiger partial charge is 0.323 e. The average molecular weight is 236 g/mol. The molecule has 0 spiro atoms. The Bertz CT molecular complexity index is 408.